The van der Waals surface area contributed by atoms with Crippen LogP contribution in [0.15, 0.2) is 24.3 Å². The summed E-state index contributed by atoms with van der Waals surface area (Å²) < 4.78 is 0. The number of carboxylic acids is 1. The summed E-state index contributed by atoms with van der Waals surface area (Å²) in [5.74, 6) is -0.729. The average Bonchev–Trinajstić information content (AvgIpc) is 2.41. The number of anilines is 1. The van der Waals surface area contributed by atoms with Crippen LogP contribution in [-0.2, 0) is 4.79 Å². The van der Waals surface area contributed by atoms with Gasteiger partial charge in [0.15, 0.2) is 0 Å². The van der Waals surface area contributed by atoms with E-state index < -0.39 is 5.97 Å². The fraction of sp³-hybridized carbons (Fsp3) is 0.562. The summed E-state index contributed by atoms with van der Waals surface area (Å²) in [7, 11) is 2.14. The van der Waals surface area contributed by atoms with E-state index in [1.807, 2.05) is 12.1 Å². The van der Waals surface area contributed by atoms with E-state index in [2.05, 4.69) is 35.9 Å². The lowest BCUT2D eigenvalue weighted by Crippen LogP contribution is -2.47. The molecule has 2 rings (SSSR count). The molecule has 110 valence electrons. The lowest BCUT2D eigenvalue weighted by atomic mass is 10.0. The second-order valence-electron chi connectivity index (χ2n) is 5.68. The molecule has 1 atom stereocenters. The maximum atomic E-state index is 10.9. The number of hydrogen-bond donors (Lipinski definition) is 1. The Morgan fingerprint density at radius 3 is 2.85 bits per heavy atom. The van der Waals surface area contributed by atoms with Crippen LogP contribution in [0.3, 0.4) is 0 Å². The molecule has 1 fully saturated rings. The molecule has 1 aromatic carbocycles. The molecule has 0 aliphatic carbocycles. The van der Waals surface area contributed by atoms with Crippen LogP contribution in [0.25, 0.3) is 0 Å². The number of likely N-dealkylation sites (tertiary alicyclic amines) is 1. The normalized spacial score (nSPS) is 19.8. The Morgan fingerprint density at radius 2 is 2.20 bits per heavy atom. The third kappa shape index (κ3) is 3.73. The molecule has 0 spiro atoms. The first kappa shape index (κ1) is 14.9. The zero-order chi connectivity index (χ0) is 14.5. The van der Waals surface area contributed by atoms with Gasteiger partial charge in [0.1, 0.15) is 0 Å². The van der Waals surface area contributed by atoms with Crippen LogP contribution in [0, 0.1) is 6.92 Å². The molecule has 0 saturated carbocycles. The fourth-order valence-electron chi connectivity index (χ4n) is 3.00. The Morgan fingerprint density at radius 1 is 1.45 bits per heavy atom. The van der Waals surface area contributed by atoms with Crippen LogP contribution in [0.4, 0.5) is 5.69 Å². The largest absolute Gasteiger partial charge is 0.481 e. The van der Waals surface area contributed by atoms with Crippen molar-refractivity contribution in [1.82, 2.24) is 4.90 Å². The van der Waals surface area contributed by atoms with Crippen molar-refractivity contribution in [2.75, 3.05) is 31.6 Å². The second kappa shape index (κ2) is 6.75. The number of hydrogen-bond acceptors (Lipinski definition) is 3. The lowest BCUT2D eigenvalue weighted by Gasteiger charge is -2.40. The number of benzene rings is 1. The van der Waals surface area contributed by atoms with Crippen molar-refractivity contribution in [1.29, 1.82) is 0 Å². The number of aryl methyl sites for hydroxylation is 1. The Labute approximate surface area is 121 Å². The van der Waals surface area contributed by atoms with Gasteiger partial charge in [0.25, 0.3) is 0 Å². The summed E-state index contributed by atoms with van der Waals surface area (Å²) >= 11 is 0. The molecule has 1 aliphatic heterocycles. The van der Waals surface area contributed by atoms with Gasteiger partial charge in [0.2, 0.25) is 0 Å². The molecule has 0 aromatic heterocycles. The fourth-order valence-corrected chi connectivity index (χ4v) is 3.00. The van der Waals surface area contributed by atoms with Gasteiger partial charge in [-0.1, -0.05) is 18.2 Å². The molecule has 4 nitrogen and oxygen atoms in total. The van der Waals surface area contributed by atoms with Crippen LogP contribution in [0.2, 0.25) is 0 Å². The summed E-state index contributed by atoms with van der Waals surface area (Å²) in [5, 5.41) is 8.99. The number of likely N-dealkylation sites (N-methyl/N-ethyl adjacent to an activating group) is 1. The highest BCUT2D eigenvalue weighted by Gasteiger charge is 2.25. The first-order valence-electron chi connectivity index (χ1n) is 7.30. The number of rotatable bonds is 5. The first-order chi connectivity index (χ1) is 9.58. The molecule has 0 bridgehead atoms. The van der Waals surface area contributed by atoms with E-state index in [4.69, 9.17) is 5.11 Å². The molecule has 1 aliphatic rings. The van der Waals surface area contributed by atoms with Crippen molar-refractivity contribution >= 4 is 11.7 Å². The third-order valence-corrected chi connectivity index (χ3v) is 4.03. The molecule has 20 heavy (non-hydrogen) atoms. The molecule has 0 radical (unpaired) electrons. The zero-order valence-corrected chi connectivity index (χ0v) is 12.4. The maximum absolute atomic E-state index is 10.9. The van der Waals surface area contributed by atoms with Crippen molar-refractivity contribution in [3.8, 4) is 0 Å². The highest BCUT2D eigenvalue weighted by molar-refractivity contribution is 5.68. The quantitative estimate of drug-likeness (QED) is 0.896. The third-order valence-electron chi connectivity index (χ3n) is 4.03. The lowest BCUT2D eigenvalue weighted by molar-refractivity contribution is -0.136. The van der Waals surface area contributed by atoms with Crippen LogP contribution < -0.4 is 4.90 Å². The van der Waals surface area contributed by atoms with E-state index in [0.29, 0.717) is 12.6 Å². The van der Waals surface area contributed by atoms with Gasteiger partial charge < -0.3 is 14.9 Å². The minimum Gasteiger partial charge on any atom is -0.481 e. The zero-order valence-electron chi connectivity index (χ0n) is 12.4. The van der Waals surface area contributed by atoms with E-state index in [1.54, 1.807) is 0 Å². The summed E-state index contributed by atoms with van der Waals surface area (Å²) in [6.45, 7) is 4.82. The van der Waals surface area contributed by atoms with Crippen molar-refractivity contribution < 1.29 is 9.90 Å². The Bertz CT molecular complexity index is 462. The molecule has 1 saturated heterocycles. The predicted molar refractivity (Wildman–Crippen MR) is 81.3 cm³/mol. The van der Waals surface area contributed by atoms with E-state index in [1.165, 1.54) is 17.7 Å². The summed E-state index contributed by atoms with van der Waals surface area (Å²) in [6, 6.07) is 8.67. The highest BCUT2D eigenvalue weighted by atomic mass is 16.4. The van der Waals surface area contributed by atoms with Gasteiger partial charge in [-0.15, -0.1) is 0 Å². The number of carboxylic acid groups (broad SMARTS) is 1. The van der Waals surface area contributed by atoms with E-state index in [9.17, 15) is 4.79 Å². The SMILES string of the molecule is Cc1ccccc1N(CCC(=O)O)C1CCCN(C)C1. The average molecular weight is 276 g/mol. The van der Waals surface area contributed by atoms with Gasteiger partial charge in [-0.2, -0.15) is 0 Å². The standard InChI is InChI=1S/C16H24N2O2/c1-13-6-3-4-8-15(13)18(11-9-16(19)20)14-7-5-10-17(2)12-14/h3-4,6,8,14H,5,7,9-12H2,1-2H3,(H,19,20). The van der Waals surface area contributed by atoms with Gasteiger partial charge in [0, 0.05) is 24.8 Å². The van der Waals surface area contributed by atoms with Gasteiger partial charge in [-0.3, -0.25) is 4.79 Å². The molecular formula is C16H24N2O2. The number of aliphatic carboxylic acids is 1. The first-order valence-corrected chi connectivity index (χ1v) is 7.30. The van der Waals surface area contributed by atoms with Crippen molar-refractivity contribution in [3.63, 3.8) is 0 Å². The monoisotopic (exact) mass is 276 g/mol. The van der Waals surface area contributed by atoms with Gasteiger partial charge in [-0.05, 0) is 45.0 Å². The van der Waals surface area contributed by atoms with Crippen LogP contribution >= 0.6 is 0 Å². The highest BCUT2D eigenvalue weighted by Crippen LogP contribution is 2.25. The molecule has 1 aromatic rings. The van der Waals surface area contributed by atoms with Gasteiger partial charge >= 0.3 is 5.97 Å². The van der Waals surface area contributed by atoms with E-state index in [-0.39, 0.29) is 6.42 Å². The second-order valence-corrected chi connectivity index (χ2v) is 5.68. The minimum absolute atomic E-state index is 0.189. The molecule has 1 unspecified atom stereocenters. The van der Waals surface area contributed by atoms with Crippen molar-refractivity contribution in [2.24, 2.45) is 0 Å². The molecule has 1 heterocycles. The summed E-state index contributed by atoms with van der Waals surface area (Å²) in [6.07, 6.45) is 2.50. The van der Waals surface area contributed by atoms with Crippen LogP contribution in [0.5, 0.6) is 0 Å². The predicted octanol–water partition coefficient (Wildman–Crippen LogP) is 2.37. The minimum atomic E-state index is -0.729. The molecular weight excluding hydrogens is 252 g/mol. The Kier molecular flexibility index (Phi) is 5.01. The van der Waals surface area contributed by atoms with Crippen LogP contribution in [-0.4, -0.2) is 48.7 Å². The van der Waals surface area contributed by atoms with E-state index >= 15 is 0 Å². The molecule has 1 N–H and O–H groups in total. The summed E-state index contributed by atoms with van der Waals surface area (Å²) in [5.41, 5.74) is 2.39. The maximum Gasteiger partial charge on any atom is 0.305 e. The van der Waals surface area contributed by atoms with E-state index in [0.717, 1.165) is 19.5 Å². The number of nitrogens with zero attached hydrogens (tertiary/aromatic N) is 2. The molecule has 0 amide bonds. The Hall–Kier alpha value is -1.55. The molecule has 4 heteroatoms. The Balaban J connectivity index is 2.19. The number of para-hydroxylation sites is 1. The van der Waals surface area contributed by atoms with Gasteiger partial charge in [-0.25, -0.2) is 0 Å². The topological polar surface area (TPSA) is 43.8 Å². The van der Waals surface area contributed by atoms with Crippen LogP contribution in [0.1, 0.15) is 24.8 Å². The van der Waals surface area contributed by atoms with Gasteiger partial charge in [0.05, 0.1) is 6.42 Å². The number of piperidine rings is 1. The summed E-state index contributed by atoms with van der Waals surface area (Å²) in [4.78, 5) is 15.6. The van der Waals surface area contributed by atoms with Crippen molar-refractivity contribution in [3.05, 3.63) is 29.8 Å². The van der Waals surface area contributed by atoms with Crippen molar-refractivity contribution in [2.45, 2.75) is 32.2 Å². The number of carbonyl (C=O) groups is 1. The smallest absolute Gasteiger partial charge is 0.305 e.